The average Bonchev–Trinajstić information content (AvgIpc) is 2.59. The first-order valence-electron chi connectivity index (χ1n) is 7.72. The van der Waals surface area contributed by atoms with Crippen molar-refractivity contribution in [2.24, 2.45) is 0 Å². The molecular weight excluding hydrogens is 363 g/mol. The number of likely N-dealkylation sites (N-methyl/N-ethyl adjacent to an activating group) is 1. The van der Waals surface area contributed by atoms with Crippen molar-refractivity contribution in [1.29, 1.82) is 0 Å². The molecule has 0 heterocycles. The molecule has 132 valence electrons. The van der Waals surface area contributed by atoms with Crippen LogP contribution in [0.5, 0.6) is 0 Å². The van der Waals surface area contributed by atoms with Gasteiger partial charge in [-0.2, -0.15) is 0 Å². The van der Waals surface area contributed by atoms with Gasteiger partial charge in [-0.15, -0.1) is 0 Å². The molecule has 0 unspecified atom stereocenters. The number of halogens is 2. The van der Waals surface area contributed by atoms with Gasteiger partial charge in [-0.25, -0.2) is 0 Å². The summed E-state index contributed by atoms with van der Waals surface area (Å²) in [5.74, 6) is -0.519. The Balaban J connectivity index is 2.09. The number of anilines is 1. The van der Waals surface area contributed by atoms with Crippen molar-refractivity contribution in [3.05, 3.63) is 63.6 Å². The molecule has 25 heavy (non-hydrogen) atoms. The van der Waals surface area contributed by atoms with Crippen LogP contribution in [0.4, 0.5) is 5.69 Å². The zero-order chi connectivity index (χ0) is 18.4. The van der Waals surface area contributed by atoms with Crippen LogP contribution in [-0.2, 0) is 0 Å². The van der Waals surface area contributed by atoms with Crippen molar-refractivity contribution in [1.82, 2.24) is 4.90 Å². The minimum Gasteiger partial charge on any atom is -0.395 e. The Bertz CT molecular complexity index is 743. The number of nitrogens with one attached hydrogen (secondary N) is 1. The van der Waals surface area contributed by atoms with Gasteiger partial charge in [0.15, 0.2) is 0 Å². The Morgan fingerprint density at radius 1 is 1.04 bits per heavy atom. The maximum absolute atomic E-state index is 12.3. The first-order chi connectivity index (χ1) is 11.9. The largest absolute Gasteiger partial charge is 0.395 e. The lowest BCUT2D eigenvalue weighted by atomic mass is 10.1. The SMILES string of the molecule is CCN(CCO)C(=O)c1ccc(NC(=O)c2cc(Cl)cc(Cl)c2)cc1. The average molecular weight is 381 g/mol. The van der Waals surface area contributed by atoms with Crippen LogP contribution in [0.25, 0.3) is 0 Å². The monoisotopic (exact) mass is 380 g/mol. The fourth-order valence-corrected chi connectivity index (χ4v) is 2.82. The number of hydrogen-bond donors (Lipinski definition) is 2. The zero-order valence-electron chi connectivity index (χ0n) is 13.6. The maximum atomic E-state index is 12.3. The van der Waals surface area contributed by atoms with Crippen LogP contribution < -0.4 is 5.32 Å². The molecule has 2 rings (SSSR count). The van der Waals surface area contributed by atoms with E-state index in [1.54, 1.807) is 35.2 Å². The number of aliphatic hydroxyl groups is 1. The first kappa shape index (κ1) is 19.2. The van der Waals surface area contributed by atoms with Gasteiger partial charge in [0.25, 0.3) is 11.8 Å². The molecule has 2 N–H and O–H groups in total. The van der Waals surface area contributed by atoms with Crippen LogP contribution in [0.2, 0.25) is 10.0 Å². The molecule has 2 aromatic rings. The van der Waals surface area contributed by atoms with Gasteiger partial charge in [0.1, 0.15) is 0 Å². The van der Waals surface area contributed by atoms with E-state index in [-0.39, 0.29) is 25.0 Å². The van der Waals surface area contributed by atoms with E-state index in [4.69, 9.17) is 28.3 Å². The van der Waals surface area contributed by atoms with Crippen LogP contribution in [0, 0.1) is 0 Å². The van der Waals surface area contributed by atoms with Crippen molar-refractivity contribution in [3.8, 4) is 0 Å². The molecule has 0 atom stereocenters. The highest BCUT2D eigenvalue weighted by atomic mass is 35.5. The Morgan fingerprint density at radius 3 is 2.16 bits per heavy atom. The van der Waals surface area contributed by atoms with E-state index in [1.807, 2.05) is 6.92 Å². The summed E-state index contributed by atoms with van der Waals surface area (Å²) in [4.78, 5) is 26.1. The molecule has 0 saturated heterocycles. The minimum atomic E-state index is -0.348. The zero-order valence-corrected chi connectivity index (χ0v) is 15.1. The molecule has 0 aliphatic rings. The highest BCUT2D eigenvalue weighted by Crippen LogP contribution is 2.20. The molecule has 0 aliphatic carbocycles. The van der Waals surface area contributed by atoms with Crippen molar-refractivity contribution >= 4 is 40.7 Å². The molecule has 0 saturated carbocycles. The van der Waals surface area contributed by atoms with Crippen molar-refractivity contribution < 1.29 is 14.7 Å². The van der Waals surface area contributed by atoms with Crippen LogP contribution in [0.1, 0.15) is 27.6 Å². The van der Waals surface area contributed by atoms with E-state index < -0.39 is 0 Å². The third kappa shape index (κ3) is 5.19. The summed E-state index contributed by atoms with van der Waals surface area (Å²) >= 11 is 11.8. The van der Waals surface area contributed by atoms with E-state index in [1.165, 1.54) is 12.1 Å². The second-order valence-electron chi connectivity index (χ2n) is 5.30. The second-order valence-corrected chi connectivity index (χ2v) is 6.17. The van der Waals surface area contributed by atoms with E-state index >= 15 is 0 Å². The summed E-state index contributed by atoms with van der Waals surface area (Å²) in [7, 11) is 0. The smallest absolute Gasteiger partial charge is 0.255 e. The molecular formula is C18H18Cl2N2O3. The molecule has 5 nitrogen and oxygen atoms in total. The van der Waals surface area contributed by atoms with Gasteiger partial charge in [-0.1, -0.05) is 23.2 Å². The Labute approximate surface area is 156 Å². The molecule has 0 aromatic heterocycles. The predicted molar refractivity (Wildman–Crippen MR) is 99.5 cm³/mol. The molecule has 0 aliphatic heterocycles. The fourth-order valence-electron chi connectivity index (χ4n) is 2.29. The summed E-state index contributed by atoms with van der Waals surface area (Å²) in [5.41, 5.74) is 1.37. The summed E-state index contributed by atoms with van der Waals surface area (Å²) in [6, 6.07) is 11.1. The van der Waals surface area contributed by atoms with Gasteiger partial charge in [0, 0.05) is 39.9 Å². The van der Waals surface area contributed by atoms with Crippen molar-refractivity contribution in [2.75, 3.05) is 25.0 Å². The quantitative estimate of drug-likeness (QED) is 0.802. The number of rotatable bonds is 6. The number of aliphatic hydroxyl groups excluding tert-OH is 1. The highest BCUT2D eigenvalue weighted by Gasteiger charge is 2.14. The normalized spacial score (nSPS) is 10.4. The van der Waals surface area contributed by atoms with E-state index in [0.29, 0.717) is 33.4 Å². The third-order valence-electron chi connectivity index (χ3n) is 3.55. The predicted octanol–water partition coefficient (Wildman–Crippen LogP) is 3.70. The summed E-state index contributed by atoms with van der Waals surface area (Å²) in [6.45, 7) is 2.55. The lowest BCUT2D eigenvalue weighted by Gasteiger charge is -2.19. The summed E-state index contributed by atoms with van der Waals surface area (Å²) < 4.78 is 0. The summed E-state index contributed by atoms with van der Waals surface area (Å²) in [5, 5.41) is 12.5. The van der Waals surface area contributed by atoms with Crippen LogP contribution in [-0.4, -0.2) is 41.5 Å². The van der Waals surface area contributed by atoms with Gasteiger partial charge in [0.2, 0.25) is 0 Å². The first-order valence-corrected chi connectivity index (χ1v) is 8.47. The van der Waals surface area contributed by atoms with Gasteiger partial charge >= 0.3 is 0 Å². The van der Waals surface area contributed by atoms with E-state index in [0.717, 1.165) is 0 Å². The second kappa shape index (κ2) is 8.85. The van der Waals surface area contributed by atoms with Gasteiger partial charge < -0.3 is 15.3 Å². The number of carbonyl (C=O) groups excluding carboxylic acids is 2. The topological polar surface area (TPSA) is 69.6 Å². The Morgan fingerprint density at radius 2 is 1.64 bits per heavy atom. The number of nitrogens with zero attached hydrogens (tertiary/aromatic N) is 1. The number of benzene rings is 2. The van der Waals surface area contributed by atoms with Gasteiger partial charge in [-0.3, -0.25) is 9.59 Å². The molecule has 0 spiro atoms. The molecule has 2 aromatic carbocycles. The minimum absolute atomic E-state index is 0.0874. The number of hydrogen-bond acceptors (Lipinski definition) is 3. The summed E-state index contributed by atoms with van der Waals surface area (Å²) in [6.07, 6.45) is 0. The Hall–Kier alpha value is -2.08. The van der Waals surface area contributed by atoms with Gasteiger partial charge in [0.05, 0.1) is 6.61 Å². The molecule has 2 amide bonds. The van der Waals surface area contributed by atoms with Crippen LogP contribution >= 0.6 is 23.2 Å². The highest BCUT2D eigenvalue weighted by molar-refractivity contribution is 6.35. The van der Waals surface area contributed by atoms with Crippen molar-refractivity contribution in [3.63, 3.8) is 0 Å². The molecule has 0 bridgehead atoms. The number of carbonyl (C=O) groups is 2. The van der Waals surface area contributed by atoms with Crippen molar-refractivity contribution in [2.45, 2.75) is 6.92 Å². The number of amides is 2. The van der Waals surface area contributed by atoms with Gasteiger partial charge in [-0.05, 0) is 49.4 Å². The fraction of sp³-hybridized carbons (Fsp3) is 0.222. The maximum Gasteiger partial charge on any atom is 0.255 e. The standard InChI is InChI=1S/C18H18Cl2N2O3/c1-2-22(7-8-23)18(25)12-3-5-16(6-4-12)21-17(24)13-9-14(19)11-15(20)10-13/h3-6,9-11,23H,2,7-8H2,1H3,(H,21,24). The lowest BCUT2D eigenvalue weighted by molar-refractivity contribution is 0.0732. The van der Waals surface area contributed by atoms with E-state index in [9.17, 15) is 9.59 Å². The molecule has 0 radical (unpaired) electrons. The molecule has 7 heteroatoms. The lowest BCUT2D eigenvalue weighted by Crippen LogP contribution is -2.33. The van der Waals surface area contributed by atoms with E-state index in [2.05, 4.69) is 5.32 Å². The van der Waals surface area contributed by atoms with Crippen LogP contribution in [0.15, 0.2) is 42.5 Å². The van der Waals surface area contributed by atoms with Crippen LogP contribution in [0.3, 0.4) is 0 Å². The molecule has 0 fully saturated rings. The third-order valence-corrected chi connectivity index (χ3v) is 3.99. The Kier molecular flexibility index (Phi) is 6.82.